The number of nitrogens with zero attached hydrogens (tertiary/aromatic N) is 2. The summed E-state index contributed by atoms with van der Waals surface area (Å²) in [6.07, 6.45) is 6.56. The monoisotopic (exact) mass is 391 g/mol. The summed E-state index contributed by atoms with van der Waals surface area (Å²) in [6.45, 7) is 3.34. The molecule has 0 unspecified atom stereocenters. The van der Waals surface area contributed by atoms with Gasteiger partial charge in [0.1, 0.15) is 0 Å². The van der Waals surface area contributed by atoms with Crippen LogP contribution in [0.15, 0.2) is 24.3 Å². The minimum atomic E-state index is -3.23. The van der Waals surface area contributed by atoms with Gasteiger partial charge in [-0.2, -0.15) is 0 Å². The lowest BCUT2D eigenvalue weighted by atomic mass is 10.0. The Morgan fingerprint density at radius 2 is 1.85 bits per heavy atom. The van der Waals surface area contributed by atoms with Crippen molar-refractivity contribution >= 4 is 21.6 Å². The van der Waals surface area contributed by atoms with E-state index in [0.29, 0.717) is 25.4 Å². The summed E-state index contributed by atoms with van der Waals surface area (Å²) in [5, 5.41) is 0. The molecule has 1 aliphatic carbocycles. The Bertz CT molecular complexity index is 804. The van der Waals surface area contributed by atoms with Gasteiger partial charge < -0.3 is 9.80 Å². The maximum atomic E-state index is 12.9. The lowest BCUT2D eigenvalue weighted by Crippen LogP contribution is -2.38. The van der Waals surface area contributed by atoms with E-state index in [2.05, 4.69) is 33.9 Å². The van der Waals surface area contributed by atoms with Gasteiger partial charge in [-0.25, -0.2) is 13.1 Å². The van der Waals surface area contributed by atoms with Crippen molar-refractivity contribution in [2.45, 2.75) is 44.1 Å². The second kappa shape index (κ2) is 7.43. The average molecular weight is 392 g/mol. The number of carbonyl (C=O) groups excluding carboxylic acids is 1. The third kappa shape index (κ3) is 4.29. The van der Waals surface area contributed by atoms with E-state index in [-0.39, 0.29) is 17.9 Å². The summed E-state index contributed by atoms with van der Waals surface area (Å²) in [5.41, 5.74) is 2.61. The van der Waals surface area contributed by atoms with Crippen molar-refractivity contribution in [2.24, 2.45) is 5.92 Å². The van der Waals surface area contributed by atoms with E-state index in [4.69, 9.17) is 0 Å². The molecule has 0 spiro atoms. The van der Waals surface area contributed by atoms with Crippen molar-refractivity contribution in [3.63, 3.8) is 0 Å². The molecular weight excluding hydrogens is 362 g/mol. The zero-order valence-corrected chi connectivity index (χ0v) is 16.7. The van der Waals surface area contributed by atoms with Crippen molar-refractivity contribution in [1.82, 2.24) is 9.62 Å². The SMILES string of the molecule is CS(=O)(=O)N[C@@H]1CCN(C(=O)[C@@H]2C[C@H]2c2ccccc2N2CCCCC2)C1. The molecule has 0 aromatic heterocycles. The maximum absolute atomic E-state index is 12.9. The first-order valence-electron chi connectivity index (χ1n) is 10.0. The highest BCUT2D eigenvalue weighted by Gasteiger charge is 2.48. The van der Waals surface area contributed by atoms with E-state index in [9.17, 15) is 13.2 Å². The summed E-state index contributed by atoms with van der Waals surface area (Å²) in [7, 11) is -3.23. The first-order chi connectivity index (χ1) is 12.9. The molecule has 1 aromatic rings. The van der Waals surface area contributed by atoms with Crippen LogP contribution in [0.4, 0.5) is 5.69 Å². The lowest BCUT2D eigenvalue weighted by Gasteiger charge is -2.30. The second-order valence-corrected chi connectivity index (χ2v) is 10.00. The molecule has 4 rings (SSSR count). The second-order valence-electron chi connectivity index (χ2n) is 8.22. The maximum Gasteiger partial charge on any atom is 0.226 e. The summed E-state index contributed by atoms with van der Waals surface area (Å²) in [6, 6.07) is 8.39. The minimum Gasteiger partial charge on any atom is -0.371 e. The van der Waals surface area contributed by atoms with Crippen molar-refractivity contribution in [1.29, 1.82) is 0 Å². The van der Waals surface area contributed by atoms with Crippen molar-refractivity contribution in [3.8, 4) is 0 Å². The van der Waals surface area contributed by atoms with Gasteiger partial charge in [0, 0.05) is 43.8 Å². The van der Waals surface area contributed by atoms with Crippen LogP contribution in [0.5, 0.6) is 0 Å². The highest BCUT2D eigenvalue weighted by Crippen LogP contribution is 2.51. The summed E-state index contributed by atoms with van der Waals surface area (Å²) in [4.78, 5) is 17.2. The number of carbonyl (C=O) groups is 1. The molecule has 7 heteroatoms. The van der Waals surface area contributed by atoms with Gasteiger partial charge in [0.05, 0.1) is 6.26 Å². The normalized spacial score (nSPS) is 28.4. The van der Waals surface area contributed by atoms with Gasteiger partial charge in [-0.05, 0) is 49.7 Å². The third-order valence-corrected chi connectivity index (χ3v) is 6.78. The van der Waals surface area contributed by atoms with Gasteiger partial charge in [0.25, 0.3) is 0 Å². The predicted molar refractivity (Wildman–Crippen MR) is 106 cm³/mol. The zero-order chi connectivity index (χ0) is 19.0. The molecule has 27 heavy (non-hydrogen) atoms. The van der Waals surface area contributed by atoms with Crippen LogP contribution in [0, 0.1) is 5.92 Å². The van der Waals surface area contributed by atoms with Gasteiger partial charge in [0.15, 0.2) is 0 Å². The zero-order valence-electron chi connectivity index (χ0n) is 15.9. The molecule has 3 aliphatic rings. The quantitative estimate of drug-likeness (QED) is 0.833. The Morgan fingerprint density at radius 1 is 1.11 bits per heavy atom. The highest BCUT2D eigenvalue weighted by molar-refractivity contribution is 7.88. The standard InChI is InChI=1S/C20H29N3O3S/c1-27(25,26)21-15-9-12-23(14-15)20(24)18-13-17(18)16-7-3-4-8-19(16)22-10-5-2-6-11-22/h3-4,7-8,15,17-18,21H,2,5-6,9-14H2,1H3/t15-,17+,18-/m1/s1. The van der Waals surface area contributed by atoms with Crippen LogP contribution < -0.4 is 9.62 Å². The summed E-state index contributed by atoms with van der Waals surface area (Å²) in [5.74, 6) is 0.539. The van der Waals surface area contributed by atoms with Gasteiger partial charge in [-0.3, -0.25) is 4.79 Å². The topological polar surface area (TPSA) is 69.7 Å². The molecule has 0 radical (unpaired) electrons. The molecule has 3 atom stereocenters. The first-order valence-corrected chi connectivity index (χ1v) is 11.9. The van der Waals surface area contributed by atoms with Crippen LogP contribution >= 0.6 is 0 Å². The number of amides is 1. The largest absolute Gasteiger partial charge is 0.371 e. The number of benzene rings is 1. The molecule has 1 N–H and O–H groups in total. The number of hydrogen-bond acceptors (Lipinski definition) is 4. The molecule has 1 saturated carbocycles. The number of hydrogen-bond donors (Lipinski definition) is 1. The fraction of sp³-hybridized carbons (Fsp3) is 0.650. The molecule has 2 saturated heterocycles. The molecule has 2 heterocycles. The van der Waals surface area contributed by atoms with Gasteiger partial charge in [0.2, 0.25) is 15.9 Å². The molecule has 1 amide bonds. The van der Waals surface area contributed by atoms with Crippen LogP contribution in [0.3, 0.4) is 0 Å². The van der Waals surface area contributed by atoms with Crippen LogP contribution in [-0.2, 0) is 14.8 Å². The number of anilines is 1. The Labute approximate surface area is 162 Å². The van der Waals surface area contributed by atoms with Gasteiger partial charge in [-0.15, -0.1) is 0 Å². The van der Waals surface area contributed by atoms with E-state index in [0.717, 1.165) is 19.5 Å². The molecule has 6 nitrogen and oxygen atoms in total. The van der Waals surface area contributed by atoms with Crippen LogP contribution in [-0.4, -0.2) is 57.7 Å². The first kappa shape index (κ1) is 18.7. The van der Waals surface area contributed by atoms with Crippen molar-refractivity contribution in [2.75, 3.05) is 37.3 Å². The van der Waals surface area contributed by atoms with Crippen LogP contribution in [0.2, 0.25) is 0 Å². The molecule has 148 valence electrons. The van der Waals surface area contributed by atoms with Gasteiger partial charge >= 0.3 is 0 Å². The molecule has 0 bridgehead atoms. The Kier molecular flexibility index (Phi) is 5.16. The molecule has 2 aliphatic heterocycles. The Balaban J connectivity index is 1.41. The number of likely N-dealkylation sites (tertiary alicyclic amines) is 1. The number of sulfonamides is 1. The highest BCUT2D eigenvalue weighted by atomic mass is 32.2. The van der Waals surface area contributed by atoms with E-state index >= 15 is 0 Å². The molecular formula is C20H29N3O3S. The summed E-state index contributed by atoms with van der Waals surface area (Å²) < 4.78 is 25.5. The molecule has 1 aromatic carbocycles. The third-order valence-electron chi connectivity index (χ3n) is 6.02. The van der Waals surface area contributed by atoms with E-state index in [1.54, 1.807) is 0 Å². The fourth-order valence-electron chi connectivity index (χ4n) is 4.63. The number of rotatable bonds is 5. The van der Waals surface area contributed by atoms with Crippen LogP contribution in [0.1, 0.15) is 43.6 Å². The average Bonchev–Trinajstić information content (AvgIpc) is 3.32. The Hall–Kier alpha value is -1.60. The van der Waals surface area contributed by atoms with Crippen LogP contribution in [0.25, 0.3) is 0 Å². The van der Waals surface area contributed by atoms with Gasteiger partial charge in [-0.1, -0.05) is 18.2 Å². The van der Waals surface area contributed by atoms with E-state index in [1.807, 2.05) is 4.90 Å². The fourth-order valence-corrected chi connectivity index (χ4v) is 5.43. The lowest BCUT2D eigenvalue weighted by molar-refractivity contribution is -0.131. The molecule has 3 fully saturated rings. The minimum absolute atomic E-state index is 0.0490. The number of para-hydroxylation sites is 1. The van der Waals surface area contributed by atoms with E-state index in [1.165, 1.54) is 36.8 Å². The number of piperidine rings is 1. The predicted octanol–water partition coefficient (Wildman–Crippen LogP) is 1.93. The van der Waals surface area contributed by atoms with Crippen molar-refractivity contribution in [3.05, 3.63) is 29.8 Å². The smallest absolute Gasteiger partial charge is 0.226 e. The summed E-state index contributed by atoms with van der Waals surface area (Å²) >= 11 is 0. The van der Waals surface area contributed by atoms with Crippen molar-refractivity contribution < 1.29 is 13.2 Å². The van der Waals surface area contributed by atoms with E-state index < -0.39 is 10.0 Å². The number of nitrogens with one attached hydrogen (secondary N) is 1. The Morgan fingerprint density at radius 3 is 2.59 bits per heavy atom.